The van der Waals surface area contributed by atoms with Gasteiger partial charge in [-0.3, -0.25) is 5.10 Å². The Morgan fingerprint density at radius 3 is 3.14 bits per heavy atom. The number of nitrogens with two attached hydrogens (primary N) is 1. The Bertz CT molecular complexity index is 441. The first-order valence-electron chi connectivity index (χ1n) is 3.95. The number of aliphatic hydroxyl groups is 1. The van der Waals surface area contributed by atoms with E-state index in [2.05, 4.69) is 20.2 Å². The number of nitrogens with one attached hydrogen (secondary N) is 1. The predicted octanol–water partition coefficient (Wildman–Crippen LogP) is -0.599. The molecule has 0 saturated carbocycles. The summed E-state index contributed by atoms with van der Waals surface area (Å²) < 4.78 is 4.80. The fourth-order valence-corrected chi connectivity index (χ4v) is 1.19. The highest BCUT2D eigenvalue weighted by Gasteiger charge is 2.10. The Kier molecular flexibility index (Phi) is 2.25. The smallest absolute Gasteiger partial charge is 0.161 e. The van der Waals surface area contributed by atoms with E-state index in [9.17, 15) is 0 Å². The lowest BCUT2D eigenvalue weighted by molar-refractivity contribution is -0.0121. The van der Waals surface area contributed by atoms with Gasteiger partial charge < -0.3 is 15.6 Å². The van der Waals surface area contributed by atoms with Gasteiger partial charge in [0, 0.05) is 0 Å². The molecule has 2 rings (SSSR count). The van der Waals surface area contributed by atoms with Crippen molar-refractivity contribution in [2.45, 2.75) is 6.61 Å². The number of aromatic nitrogens is 4. The van der Waals surface area contributed by atoms with E-state index in [1.54, 1.807) is 0 Å². The van der Waals surface area contributed by atoms with Gasteiger partial charge in [-0.05, 0) is 0 Å². The quantitative estimate of drug-likeness (QED) is 0.564. The van der Waals surface area contributed by atoms with E-state index >= 15 is 0 Å². The third-order valence-corrected chi connectivity index (χ3v) is 1.79. The van der Waals surface area contributed by atoms with Gasteiger partial charge in [-0.15, -0.1) is 0 Å². The van der Waals surface area contributed by atoms with Crippen LogP contribution >= 0.6 is 0 Å². The molecule has 14 heavy (non-hydrogen) atoms. The molecule has 2 aromatic heterocycles. The fraction of sp³-hybridized carbons (Fsp3) is 0.286. The summed E-state index contributed by atoms with van der Waals surface area (Å²) in [6.45, 7) is -0.185. The van der Waals surface area contributed by atoms with Crippen molar-refractivity contribution in [1.29, 1.82) is 0 Å². The van der Waals surface area contributed by atoms with Gasteiger partial charge in [0.2, 0.25) is 0 Å². The van der Waals surface area contributed by atoms with Gasteiger partial charge in [0.25, 0.3) is 0 Å². The second kappa shape index (κ2) is 3.56. The molecule has 0 aromatic carbocycles. The second-order valence-corrected chi connectivity index (χ2v) is 2.63. The first-order valence-corrected chi connectivity index (χ1v) is 3.95. The molecule has 0 aliphatic heterocycles. The highest BCUT2D eigenvalue weighted by molar-refractivity contribution is 5.87. The summed E-state index contributed by atoms with van der Waals surface area (Å²) in [5.74, 6) is 0.347. The zero-order valence-corrected chi connectivity index (χ0v) is 7.27. The van der Waals surface area contributed by atoms with Crippen LogP contribution in [0.2, 0.25) is 0 Å². The monoisotopic (exact) mass is 195 g/mol. The lowest BCUT2D eigenvalue weighted by Gasteiger charge is -1.98. The van der Waals surface area contributed by atoms with Gasteiger partial charge in [-0.25, -0.2) is 9.97 Å². The van der Waals surface area contributed by atoms with Crippen LogP contribution in [0.5, 0.6) is 0 Å². The van der Waals surface area contributed by atoms with E-state index < -0.39 is 0 Å². The summed E-state index contributed by atoms with van der Waals surface area (Å²) in [4.78, 5) is 7.78. The highest BCUT2D eigenvalue weighted by Crippen LogP contribution is 2.18. The average Bonchev–Trinajstić information content (AvgIpc) is 2.59. The summed E-state index contributed by atoms with van der Waals surface area (Å²) in [5, 5.41) is 15.8. The molecule has 74 valence electrons. The Balaban J connectivity index is 2.45. The summed E-state index contributed by atoms with van der Waals surface area (Å²) in [7, 11) is 0. The van der Waals surface area contributed by atoms with Crippen molar-refractivity contribution in [3.05, 3.63) is 12.0 Å². The minimum Gasteiger partial charge on any atom is -0.383 e. The molecule has 0 spiro atoms. The van der Waals surface area contributed by atoms with Crippen LogP contribution in [0.15, 0.2) is 6.33 Å². The van der Waals surface area contributed by atoms with Crippen molar-refractivity contribution >= 4 is 16.9 Å². The maximum Gasteiger partial charge on any atom is 0.161 e. The Morgan fingerprint density at radius 1 is 1.50 bits per heavy atom. The lowest BCUT2D eigenvalue weighted by Crippen LogP contribution is -1.97. The highest BCUT2D eigenvalue weighted by atomic mass is 16.6. The number of nitrogen functional groups attached to an aromatic ring is 1. The molecule has 0 radical (unpaired) electrons. The molecule has 7 nitrogen and oxygen atoms in total. The van der Waals surface area contributed by atoms with Crippen molar-refractivity contribution in [3.8, 4) is 0 Å². The number of nitrogens with zero attached hydrogens (tertiary/aromatic N) is 3. The number of anilines is 1. The number of aromatic amines is 1. The molecule has 2 aromatic rings. The van der Waals surface area contributed by atoms with Crippen LogP contribution < -0.4 is 5.73 Å². The number of hydrogen-bond acceptors (Lipinski definition) is 6. The molecule has 0 bridgehead atoms. The summed E-state index contributed by atoms with van der Waals surface area (Å²) >= 11 is 0. The van der Waals surface area contributed by atoms with Crippen molar-refractivity contribution in [1.82, 2.24) is 20.2 Å². The molecular formula is C7H9N5O2. The summed E-state index contributed by atoms with van der Waals surface area (Å²) in [5.41, 5.74) is 6.80. The van der Waals surface area contributed by atoms with Crippen LogP contribution in [0.1, 0.15) is 5.69 Å². The molecule has 7 heteroatoms. The van der Waals surface area contributed by atoms with E-state index in [1.165, 1.54) is 6.33 Å². The van der Waals surface area contributed by atoms with E-state index in [4.69, 9.17) is 15.6 Å². The second-order valence-electron chi connectivity index (χ2n) is 2.63. The van der Waals surface area contributed by atoms with E-state index in [0.29, 0.717) is 22.5 Å². The first-order chi connectivity index (χ1) is 6.83. The summed E-state index contributed by atoms with van der Waals surface area (Å²) in [6, 6.07) is 0. The maximum atomic E-state index is 8.48. The Labute approximate surface area is 78.9 Å². The average molecular weight is 195 g/mol. The minimum absolute atomic E-state index is 0.175. The molecular weight excluding hydrogens is 186 g/mol. The van der Waals surface area contributed by atoms with Gasteiger partial charge >= 0.3 is 0 Å². The van der Waals surface area contributed by atoms with Gasteiger partial charge in [0.1, 0.15) is 24.6 Å². The molecule has 2 heterocycles. The van der Waals surface area contributed by atoms with Gasteiger partial charge in [0.15, 0.2) is 5.65 Å². The number of aliphatic hydroxyl groups excluding tert-OH is 1. The standard InChI is InChI=1S/C7H9N5O2/c8-6-5-4(1-14-3-13)11-12-7(5)10-2-9-6/h2,13H,1,3H2,(H3,8,9,10,11,12). The van der Waals surface area contributed by atoms with Crippen LogP contribution in [-0.4, -0.2) is 32.1 Å². The van der Waals surface area contributed by atoms with Crippen molar-refractivity contribution in [3.63, 3.8) is 0 Å². The number of H-pyrrole nitrogens is 1. The maximum absolute atomic E-state index is 8.48. The topological polar surface area (TPSA) is 110 Å². The van der Waals surface area contributed by atoms with Crippen molar-refractivity contribution in [2.75, 3.05) is 12.5 Å². The molecule has 4 N–H and O–H groups in total. The molecule has 0 aliphatic carbocycles. The van der Waals surface area contributed by atoms with E-state index in [-0.39, 0.29) is 13.4 Å². The number of rotatable bonds is 3. The van der Waals surface area contributed by atoms with Gasteiger partial charge in [0.05, 0.1) is 12.0 Å². The van der Waals surface area contributed by atoms with E-state index in [1.807, 2.05) is 0 Å². The molecule has 0 saturated heterocycles. The first kappa shape index (κ1) is 8.85. The van der Waals surface area contributed by atoms with Crippen molar-refractivity contribution in [2.24, 2.45) is 0 Å². The van der Waals surface area contributed by atoms with Crippen LogP contribution in [0, 0.1) is 0 Å². The number of hydrogen-bond donors (Lipinski definition) is 3. The van der Waals surface area contributed by atoms with E-state index in [0.717, 1.165) is 0 Å². The molecule has 0 atom stereocenters. The Hall–Kier alpha value is -1.73. The van der Waals surface area contributed by atoms with Gasteiger partial charge in [-0.2, -0.15) is 5.10 Å². The predicted molar refractivity (Wildman–Crippen MR) is 48.0 cm³/mol. The number of fused-ring (bicyclic) bond motifs is 1. The van der Waals surface area contributed by atoms with Crippen LogP contribution in [0.25, 0.3) is 11.0 Å². The molecule has 0 aliphatic rings. The minimum atomic E-state index is -0.359. The third-order valence-electron chi connectivity index (χ3n) is 1.79. The molecule has 0 unspecified atom stereocenters. The zero-order valence-electron chi connectivity index (χ0n) is 7.27. The van der Waals surface area contributed by atoms with Crippen LogP contribution in [0.4, 0.5) is 5.82 Å². The SMILES string of the molecule is Nc1ncnc2[nH]nc(COCO)c12. The normalized spacial score (nSPS) is 10.9. The molecule has 0 fully saturated rings. The lowest BCUT2D eigenvalue weighted by atomic mass is 10.3. The fourth-order valence-electron chi connectivity index (χ4n) is 1.19. The number of ether oxygens (including phenoxy) is 1. The molecule has 0 amide bonds. The van der Waals surface area contributed by atoms with Crippen molar-refractivity contribution < 1.29 is 9.84 Å². The van der Waals surface area contributed by atoms with Crippen LogP contribution in [-0.2, 0) is 11.3 Å². The summed E-state index contributed by atoms with van der Waals surface area (Å²) in [6.07, 6.45) is 1.35. The third kappa shape index (κ3) is 1.38. The van der Waals surface area contributed by atoms with Gasteiger partial charge in [-0.1, -0.05) is 0 Å². The largest absolute Gasteiger partial charge is 0.383 e. The Morgan fingerprint density at radius 2 is 2.36 bits per heavy atom. The zero-order chi connectivity index (χ0) is 9.97. The van der Waals surface area contributed by atoms with Crippen LogP contribution in [0.3, 0.4) is 0 Å².